The molecule has 0 aliphatic carbocycles. The van der Waals surface area contributed by atoms with Gasteiger partial charge in [-0.25, -0.2) is 0 Å². The molecule has 0 aromatic heterocycles. The smallest absolute Gasteiger partial charge is 0.243 e. The molecule has 0 aromatic carbocycles. The Morgan fingerprint density at radius 2 is 2.15 bits per heavy atom. The van der Waals surface area contributed by atoms with Crippen LogP contribution in [0.2, 0.25) is 0 Å². The summed E-state index contributed by atoms with van der Waals surface area (Å²) in [5.74, 6) is -0.186. The Balaban J connectivity index is 2.88. The number of rotatable bonds is 1. The zero-order chi connectivity index (χ0) is 10.2. The summed E-state index contributed by atoms with van der Waals surface area (Å²) in [5.41, 5.74) is -0.309. The van der Waals surface area contributed by atoms with Crippen molar-refractivity contribution in [2.75, 3.05) is 0 Å². The van der Waals surface area contributed by atoms with Crippen LogP contribution >= 0.6 is 15.9 Å². The summed E-state index contributed by atoms with van der Waals surface area (Å²) in [6.07, 6.45) is 1.25. The molecule has 4 heteroatoms. The molecule has 0 saturated carbocycles. The van der Waals surface area contributed by atoms with Crippen molar-refractivity contribution in [1.29, 1.82) is 0 Å². The van der Waals surface area contributed by atoms with E-state index in [0.717, 1.165) is 6.42 Å². The minimum atomic E-state index is -0.309. The van der Waals surface area contributed by atoms with Crippen molar-refractivity contribution in [3.8, 4) is 0 Å². The molecular formula is C9H14BrNO2. The lowest BCUT2D eigenvalue weighted by molar-refractivity contribution is -0.145. The van der Waals surface area contributed by atoms with Gasteiger partial charge in [-0.05, 0) is 27.2 Å². The first-order chi connectivity index (χ1) is 5.86. The van der Waals surface area contributed by atoms with Gasteiger partial charge in [0.1, 0.15) is 0 Å². The van der Waals surface area contributed by atoms with E-state index in [1.807, 2.05) is 13.8 Å². The van der Waals surface area contributed by atoms with Crippen molar-refractivity contribution in [2.45, 2.75) is 44.0 Å². The Bertz CT molecular complexity index is 248. The lowest BCUT2D eigenvalue weighted by Gasteiger charge is -2.30. The summed E-state index contributed by atoms with van der Waals surface area (Å²) in [4.78, 5) is 24.1. The molecule has 0 aromatic rings. The number of hydrogen-bond acceptors (Lipinski definition) is 2. The molecule has 1 atom stereocenters. The van der Waals surface area contributed by atoms with Crippen LogP contribution in [0.4, 0.5) is 0 Å². The van der Waals surface area contributed by atoms with Gasteiger partial charge in [0.25, 0.3) is 0 Å². The maximum absolute atomic E-state index is 11.6. The lowest BCUT2D eigenvalue weighted by Crippen LogP contribution is -2.47. The quantitative estimate of drug-likeness (QED) is 0.662. The van der Waals surface area contributed by atoms with Crippen molar-refractivity contribution in [2.24, 2.45) is 0 Å². The van der Waals surface area contributed by atoms with Crippen LogP contribution in [0.15, 0.2) is 0 Å². The molecule has 1 aliphatic heterocycles. The van der Waals surface area contributed by atoms with Gasteiger partial charge in [-0.15, -0.1) is 0 Å². The normalized spacial score (nSPS) is 23.4. The first kappa shape index (κ1) is 10.7. The fraction of sp³-hybridized carbons (Fsp3) is 0.778. The van der Waals surface area contributed by atoms with Crippen LogP contribution in [0.1, 0.15) is 33.6 Å². The average Bonchev–Trinajstić information content (AvgIpc) is 2.25. The predicted octanol–water partition coefficient (Wildman–Crippen LogP) is 1.70. The number of amides is 2. The number of likely N-dealkylation sites (tertiary alicyclic amines) is 1. The van der Waals surface area contributed by atoms with Crippen molar-refractivity contribution in [3.63, 3.8) is 0 Å². The van der Waals surface area contributed by atoms with Crippen LogP contribution in [0.5, 0.6) is 0 Å². The van der Waals surface area contributed by atoms with E-state index in [1.54, 1.807) is 6.92 Å². The number of carbonyl (C=O) groups excluding carboxylic acids is 2. The second-order valence-corrected chi connectivity index (χ2v) is 5.37. The third kappa shape index (κ3) is 1.93. The van der Waals surface area contributed by atoms with Crippen LogP contribution in [0, 0.1) is 0 Å². The monoisotopic (exact) mass is 247 g/mol. The van der Waals surface area contributed by atoms with Gasteiger partial charge >= 0.3 is 0 Å². The highest BCUT2D eigenvalue weighted by molar-refractivity contribution is 9.10. The van der Waals surface area contributed by atoms with E-state index < -0.39 is 0 Å². The Kier molecular flexibility index (Phi) is 2.80. The highest BCUT2D eigenvalue weighted by Crippen LogP contribution is 2.30. The highest BCUT2D eigenvalue weighted by atomic mass is 79.9. The SMILES string of the molecule is CC(Br)C(=O)N1C(=O)CCC1(C)C. The van der Waals surface area contributed by atoms with Gasteiger partial charge in [-0.2, -0.15) is 0 Å². The number of alkyl halides is 1. The molecule has 2 amide bonds. The second kappa shape index (κ2) is 3.40. The zero-order valence-corrected chi connectivity index (χ0v) is 9.72. The zero-order valence-electron chi connectivity index (χ0n) is 8.13. The van der Waals surface area contributed by atoms with Crippen molar-refractivity contribution in [3.05, 3.63) is 0 Å². The third-order valence-corrected chi connectivity index (χ3v) is 2.76. The summed E-state index contributed by atoms with van der Waals surface area (Å²) in [6, 6.07) is 0. The van der Waals surface area contributed by atoms with Crippen molar-refractivity contribution >= 4 is 27.7 Å². The molecule has 3 nitrogen and oxygen atoms in total. The molecule has 1 fully saturated rings. The minimum Gasteiger partial charge on any atom is -0.276 e. The lowest BCUT2D eigenvalue weighted by atomic mass is 10.0. The molecule has 13 heavy (non-hydrogen) atoms. The largest absolute Gasteiger partial charge is 0.276 e. The minimum absolute atomic E-state index is 0.0544. The summed E-state index contributed by atoms with van der Waals surface area (Å²) in [5, 5.41) is 0. The standard InChI is InChI=1S/C9H14BrNO2/c1-6(10)8(13)11-7(12)4-5-9(11,2)3/h6H,4-5H2,1-3H3. The van der Waals surface area contributed by atoms with Crippen molar-refractivity contribution < 1.29 is 9.59 Å². The molecule has 1 aliphatic rings. The Hall–Kier alpha value is -0.380. The number of nitrogens with zero attached hydrogens (tertiary/aromatic N) is 1. The second-order valence-electron chi connectivity index (χ2n) is 4.00. The van der Waals surface area contributed by atoms with E-state index in [0.29, 0.717) is 6.42 Å². The molecule has 1 unspecified atom stereocenters. The van der Waals surface area contributed by atoms with Gasteiger partial charge < -0.3 is 0 Å². The molecule has 0 N–H and O–H groups in total. The van der Waals surface area contributed by atoms with E-state index in [9.17, 15) is 9.59 Å². The van der Waals surface area contributed by atoms with Gasteiger partial charge in [0.2, 0.25) is 11.8 Å². The van der Waals surface area contributed by atoms with Crippen LogP contribution in [-0.2, 0) is 9.59 Å². The van der Waals surface area contributed by atoms with E-state index in [1.165, 1.54) is 4.90 Å². The molecular weight excluding hydrogens is 234 g/mol. The van der Waals surface area contributed by atoms with Gasteiger partial charge in [0, 0.05) is 12.0 Å². The summed E-state index contributed by atoms with van der Waals surface area (Å²) in [6.45, 7) is 5.58. The predicted molar refractivity (Wildman–Crippen MR) is 53.6 cm³/mol. The summed E-state index contributed by atoms with van der Waals surface area (Å²) < 4.78 is 0. The van der Waals surface area contributed by atoms with Crippen LogP contribution in [0.3, 0.4) is 0 Å². The van der Waals surface area contributed by atoms with Gasteiger partial charge in [0.05, 0.1) is 4.83 Å². The number of halogens is 1. The van der Waals surface area contributed by atoms with E-state index >= 15 is 0 Å². The molecule has 0 radical (unpaired) electrons. The third-order valence-electron chi connectivity index (χ3n) is 2.37. The molecule has 0 bridgehead atoms. The average molecular weight is 248 g/mol. The topological polar surface area (TPSA) is 37.4 Å². The molecule has 1 saturated heterocycles. The molecule has 1 rings (SSSR count). The summed E-state index contributed by atoms with van der Waals surface area (Å²) >= 11 is 3.19. The summed E-state index contributed by atoms with van der Waals surface area (Å²) in [7, 11) is 0. The molecule has 74 valence electrons. The van der Waals surface area contributed by atoms with E-state index in [-0.39, 0.29) is 22.2 Å². The van der Waals surface area contributed by atoms with Gasteiger partial charge in [0.15, 0.2) is 0 Å². The number of imide groups is 1. The van der Waals surface area contributed by atoms with E-state index in [2.05, 4.69) is 15.9 Å². The van der Waals surface area contributed by atoms with Gasteiger partial charge in [-0.1, -0.05) is 15.9 Å². The Morgan fingerprint density at radius 1 is 1.62 bits per heavy atom. The Morgan fingerprint density at radius 3 is 2.46 bits per heavy atom. The van der Waals surface area contributed by atoms with Gasteiger partial charge in [-0.3, -0.25) is 14.5 Å². The van der Waals surface area contributed by atoms with Crippen LogP contribution < -0.4 is 0 Å². The highest BCUT2D eigenvalue weighted by Gasteiger charge is 2.42. The van der Waals surface area contributed by atoms with Crippen LogP contribution in [-0.4, -0.2) is 27.1 Å². The maximum atomic E-state index is 11.6. The van der Waals surface area contributed by atoms with Crippen molar-refractivity contribution in [1.82, 2.24) is 4.90 Å². The number of hydrogen-bond donors (Lipinski definition) is 0. The van der Waals surface area contributed by atoms with Crippen LogP contribution in [0.25, 0.3) is 0 Å². The van der Waals surface area contributed by atoms with E-state index in [4.69, 9.17) is 0 Å². The first-order valence-corrected chi connectivity index (χ1v) is 5.29. The fourth-order valence-corrected chi connectivity index (χ4v) is 1.78. The fourth-order valence-electron chi connectivity index (χ4n) is 1.57. The maximum Gasteiger partial charge on any atom is 0.243 e. The first-order valence-electron chi connectivity index (χ1n) is 4.37. The molecule has 1 heterocycles. The number of carbonyl (C=O) groups is 2. The molecule has 0 spiro atoms. The Labute approximate surface area is 86.6 Å².